The van der Waals surface area contributed by atoms with Gasteiger partial charge in [-0.05, 0) is 18.2 Å². The topological polar surface area (TPSA) is 12.0 Å². The van der Waals surface area contributed by atoms with Gasteiger partial charge in [0.25, 0.3) is 0 Å². The first-order valence-corrected chi connectivity index (χ1v) is 2.32. The van der Waals surface area contributed by atoms with Crippen molar-refractivity contribution in [2.24, 2.45) is 0 Å². The molecule has 1 heteroatoms. The van der Waals surface area contributed by atoms with E-state index in [4.69, 9.17) is 0 Å². The molecule has 34 valence electrons. The third-order valence-corrected chi connectivity index (χ3v) is 1.15. The highest BCUT2D eigenvalue weighted by Gasteiger charge is 2.02. The summed E-state index contributed by atoms with van der Waals surface area (Å²) < 4.78 is 0. The fraction of sp³-hybridized carbons (Fsp3) is 0. The largest absolute Gasteiger partial charge is 0.355 e. The van der Waals surface area contributed by atoms with Crippen LogP contribution in [0.1, 0.15) is 0 Å². The van der Waals surface area contributed by atoms with Gasteiger partial charge >= 0.3 is 0 Å². The Morgan fingerprint density at radius 3 is 1.86 bits per heavy atom. The number of hydrogen-bond acceptors (Lipinski definition) is 1. The highest BCUT2D eigenvalue weighted by molar-refractivity contribution is 5.73. The minimum atomic E-state index is 1.23. The predicted octanol–water partition coefficient (Wildman–Crippen LogP) is 1.74. The lowest BCUT2D eigenvalue weighted by Crippen LogP contribution is -1.98. The molecule has 0 aliphatic carbocycles. The summed E-state index contributed by atoms with van der Waals surface area (Å²) >= 11 is 0. The molecule has 1 nitrogen and oxygen atoms in total. The zero-order chi connectivity index (χ0) is 4.69. The van der Waals surface area contributed by atoms with Gasteiger partial charge in [0.2, 0.25) is 0 Å². The van der Waals surface area contributed by atoms with Crippen molar-refractivity contribution in [3.63, 3.8) is 0 Å². The van der Waals surface area contributed by atoms with Crippen molar-refractivity contribution in [1.29, 1.82) is 0 Å². The van der Waals surface area contributed by atoms with E-state index in [-0.39, 0.29) is 0 Å². The van der Waals surface area contributed by atoms with Crippen LogP contribution in [-0.2, 0) is 0 Å². The van der Waals surface area contributed by atoms with Crippen molar-refractivity contribution in [2.45, 2.75) is 0 Å². The number of hydrogen-bond donors (Lipinski definition) is 1. The molecule has 0 radical (unpaired) electrons. The maximum Gasteiger partial charge on any atom is 0.0405 e. The van der Waals surface area contributed by atoms with Gasteiger partial charge in [-0.3, -0.25) is 0 Å². The zero-order valence-electron chi connectivity index (χ0n) is 3.81. The molecule has 0 unspecified atom stereocenters. The van der Waals surface area contributed by atoms with E-state index in [1.165, 1.54) is 11.4 Å². The number of anilines is 2. The van der Waals surface area contributed by atoms with E-state index in [9.17, 15) is 0 Å². The Kier molecular flexibility index (Phi) is 0.355. The minimum absolute atomic E-state index is 1.23. The molecule has 0 amide bonds. The molecular formula is C6H5N. The first kappa shape index (κ1) is 3.08. The van der Waals surface area contributed by atoms with Crippen LogP contribution >= 0.6 is 0 Å². The third-order valence-electron chi connectivity index (χ3n) is 1.15. The molecular weight excluding hydrogens is 86.1 g/mol. The van der Waals surface area contributed by atoms with Crippen molar-refractivity contribution in [1.82, 2.24) is 0 Å². The van der Waals surface area contributed by atoms with Crippen molar-refractivity contribution in [3.8, 4) is 0 Å². The highest BCUT2D eigenvalue weighted by atomic mass is 14.9. The molecule has 0 fully saturated rings. The molecule has 0 spiro atoms. The number of rotatable bonds is 0. The number of nitrogens with one attached hydrogen (secondary N) is 1. The Bertz CT molecular complexity index is 168. The van der Waals surface area contributed by atoms with Crippen molar-refractivity contribution in [3.05, 3.63) is 24.3 Å². The van der Waals surface area contributed by atoms with Gasteiger partial charge in [0.15, 0.2) is 0 Å². The monoisotopic (exact) mass is 91.0 g/mol. The van der Waals surface area contributed by atoms with Gasteiger partial charge in [-0.2, -0.15) is 0 Å². The summed E-state index contributed by atoms with van der Waals surface area (Å²) in [6, 6.07) is 8.25. The van der Waals surface area contributed by atoms with Crippen LogP contribution in [0.3, 0.4) is 0 Å². The van der Waals surface area contributed by atoms with Crippen LogP contribution in [0.15, 0.2) is 24.3 Å². The lowest BCUT2D eigenvalue weighted by Gasteiger charge is -2.15. The second-order valence-corrected chi connectivity index (χ2v) is 1.71. The first-order chi connectivity index (χ1) is 3.45. The lowest BCUT2D eigenvalue weighted by atomic mass is 10.2. The van der Waals surface area contributed by atoms with Crippen LogP contribution in [-0.4, -0.2) is 0 Å². The number of benzene rings is 1. The van der Waals surface area contributed by atoms with E-state index >= 15 is 0 Å². The Morgan fingerprint density at radius 1 is 1.14 bits per heavy atom. The van der Waals surface area contributed by atoms with Crippen molar-refractivity contribution >= 4 is 11.4 Å². The van der Waals surface area contributed by atoms with Gasteiger partial charge in [-0.1, -0.05) is 6.07 Å². The quantitative estimate of drug-likeness (QED) is 0.520. The average Bonchev–Trinajstić information content (AvgIpc) is 1.67. The highest BCUT2D eigenvalue weighted by Crippen LogP contribution is 2.27. The second-order valence-electron chi connectivity index (χ2n) is 1.71. The lowest BCUT2D eigenvalue weighted by molar-refractivity contribution is 1.48. The maximum absolute atomic E-state index is 3.11. The van der Waals surface area contributed by atoms with Gasteiger partial charge in [-0.15, -0.1) is 0 Å². The van der Waals surface area contributed by atoms with Crippen LogP contribution in [0.5, 0.6) is 0 Å². The SMILES string of the molecule is c1cc2cc(c1)N2. The summed E-state index contributed by atoms with van der Waals surface area (Å²) in [6.07, 6.45) is 0. The van der Waals surface area contributed by atoms with Gasteiger partial charge < -0.3 is 5.32 Å². The molecule has 2 heterocycles. The minimum Gasteiger partial charge on any atom is -0.355 e. The molecule has 2 bridgehead atoms. The Morgan fingerprint density at radius 2 is 1.71 bits per heavy atom. The summed E-state index contributed by atoms with van der Waals surface area (Å²) in [6.45, 7) is 0. The smallest absolute Gasteiger partial charge is 0.0405 e. The summed E-state index contributed by atoms with van der Waals surface area (Å²) in [5.74, 6) is 0. The molecule has 1 N–H and O–H groups in total. The van der Waals surface area contributed by atoms with Crippen LogP contribution in [0.2, 0.25) is 0 Å². The fourth-order valence-electron chi connectivity index (χ4n) is 0.764. The molecule has 2 aliphatic heterocycles. The summed E-state index contributed by atoms with van der Waals surface area (Å²) in [4.78, 5) is 0. The third kappa shape index (κ3) is 0.270. The normalized spacial score (nSPS) is 12.0. The predicted molar refractivity (Wildman–Crippen MR) is 29.7 cm³/mol. The fourth-order valence-corrected chi connectivity index (χ4v) is 0.764. The summed E-state index contributed by atoms with van der Waals surface area (Å²) in [7, 11) is 0. The molecule has 0 aromatic heterocycles. The van der Waals surface area contributed by atoms with Crippen LogP contribution in [0.25, 0.3) is 0 Å². The van der Waals surface area contributed by atoms with Crippen LogP contribution in [0, 0.1) is 0 Å². The summed E-state index contributed by atoms with van der Waals surface area (Å²) in [5.41, 5.74) is 2.47. The van der Waals surface area contributed by atoms with Crippen molar-refractivity contribution in [2.75, 3.05) is 5.32 Å². The van der Waals surface area contributed by atoms with Crippen LogP contribution in [0.4, 0.5) is 11.4 Å². The second kappa shape index (κ2) is 0.808. The standard InChI is InChI=1S/C6H5N/c1-2-5-4-6(3-1)7-5/h1-4,7H. The van der Waals surface area contributed by atoms with E-state index in [1.807, 2.05) is 18.2 Å². The van der Waals surface area contributed by atoms with Gasteiger partial charge in [-0.25, -0.2) is 0 Å². The number of fused-ring (bicyclic) bond motifs is 2. The Balaban J connectivity index is 2.78. The molecule has 1 aromatic carbocycles. The van der Waals surface area contributed by atoms with E-state index in [1.54, 1.807) is 0 Å². The Labute approximate surface area is 42.0 Å². The van der Waals surface area contributed by atoms with Gasteiger partial charge in [0.05, 0.1) is 0 Å². The average molecular weight is 91.1 g/mol. The van der Waals surface area contributed by atoms with E-state index < -0.39 is 0 Å². The molecule has 1 aromatic rings. The van der Waals surface area contributed by atoms with E-state index in [0.717, 1.165) is 0 Å². The Hall–Kier alpha value is -0.980. The van der Waals surface area contributed by atoms with Gasteiger partial charge in [0.1, 0.15) is 0 Å². The zero-order valence-corrected chi connectivity index (χ0v) is 3.81. The first-order valence-electron chi connectivity index (χ1n) is 2.32. The molecule has 7 heavy (non-hydrogen) atoms. The molecule has 2 aliphatic rings. The molecule has 0 saturated carbocycles. The van der Waals surface area contributed by atoms with E-state index in [2.05, 4.69) is 11.4 Å². The van der Waals surface area contributed by atoms with E-state index in [0.29, 0.717) is 0 Å². The molecule has 0 atom stereocenters. The molecule has 3 rings (SSSR count). The molecule has 0 saturated heterocycles. The van der Waals surface area contributed by atoms with Gasteiger partial charge in [0, 0.05) is 11.4 Å². The van der Waals surface area contributed by atoms with Crippen molar-refractivity contribution < 1.29 is 0 Å². The van der Waals surface area contributed by atoms with Crippen LogP contribution < -0.4 is 5.32 Å². The summed E-state index contributed by atoms with van der Waals surface area (Å²) in [5, 5.41) is 3.11. The maximum atomic E-state index is 3.11.